The molecule has 0 saturated carbocycles. The minimum absolute atomic E-state index is 1.16. The number of aryl methyl sites for hydroxylation is 4. The molecule has 0 amide bonds. The Morgan fingerprint density at radius 3 is 1.50 bits per heavy atom. The Morgan fingerprint density at radius 2 is 1.09 bits per heavy atom. The van der Waals surface area contributed by atoms with Crippen LogP contribution >= 0.6 is 22.7 Å². The summed E-state index contributed by atoms with van der Waals surface area (Å²) in [6, 6.07) is 4.92. The normalized spacial score (nSPS) is 12.1. The van der Waals surface area contributed by atoms with E-state index in [0.717, 1.165) is 12.8 Å². The van der Waals surface area contributed by atoms with Crippen LogP contribution in [0.25, 0.3) is 20.2 Å². The highest BCUT2D eigenvalue weighted by Gasteiger charge is 2.17. The highest BCUT2D eigenvalue weighted by molar-refractivity contribution is 7.27. The molecule has 2 heteroatoms. The number of hydrogen-bond donors (Lipinski definition) is 0. The van der Waals surface area contributed by atoms with Crippen LogP contribution in [0.15, 0.2) is 61.7 Å². The average molecular weight is 463 g/mol. The molecule has 0 aliphatic heterocycles. The van der Waals surface area contributed by atoms with Gasteiger partial charge in [-0.2, -0.15) is 0 Å². The largest absolute Gasteiger partial charge is 0.139 e. The monoisotopic (exact) mass is 462 g/mol. The maximum absolute atomic E-state index is 3.76. The van der Waals surface area contributed by atoms with Crippen molar-refractivity contribution in [2.75, 3.05) is 0 Å². The lowest BCUT2D eigenvalue weighted by atomic mass is 9.91. The SMILES string of the molecule is C=C/C=C\CCCCCc1c(CCCCC/C=C\C=C)c2cc(C)sc2c2sc(C)cc12. The minimum atomic E-state index is 1.16. The molecule has 3 aromatic rings. The van der Waals surface area contributed by atoms with E-state index < -0.39 is 0 Å². The van der Waals surface area contributed by atoms with Crippen LogP contribution in [0.2, 0.25) is 0 Å². The zero-order valence-corrected chi connectivity index (χ0v) is 21.6. The molecule has 0 nitrogen and oxygen atoms in total. The van der Waals surface area contributed by atoms with Gasteiger partial charge in [0, 0.05) is 9.75 Å². The number of thiophene rings is 2. The van der Waals surface area contributed by atoms with Gasteiger partial charge in [-0.05, 0) is 99.2 Å². The van der Waals surface area contributed by atoms with E-state index in [0.29, 0.717) is 0 Å². The Morgan fingerprint density at radius 1 is 0.656 bits per heavy atom. The first-order valence-corrected chi connectivity index (χ1v) is 13.8. The lowest BCUT2D eigenvalue weighted by Crippen LogP contribution is -1.98. The Bertz CT molecular complexity index is 1000. The zero-order valence-electron chi connectivity index (χ0n) is 19.9. The van der Waals surface area contributed by atoms with Crippen molar-refractivity contribution in [2.45, 2.75) is 78.1 Å². The van der Waals surface area contributed by atoms with Crippen molar-refractivity contribution >= 4 is 42.8 Å². The lowest BCUT2D eigenvalue weighted by Gasteiger charge is -2.14. The Balaban J connectivity index is 1.80. The molecule has 0 atom stereocenters. The van der Waals surface area contributed by atoms with Crippen LogP contribution in [0, 0.1) is 13.8 Å². The van der Waals surface area contributed by atoms with Crippen LogP contribution in [0.5, 0.6) is 0 Å². The summed E-state index contributed by atoms with van der Waals surface area (Å²) < 4.78 is 3.05. The van der Waals surface area contributed by atoms with Crippen LogP contribution < -0.4 is 0 Å². The van der Waals surface area contributed by atoms with Gasteiger partial charge in [-0.15, -0.1) is 22.7 Å². The second-order valence-electron chi connectivity index (χ2n) is 8.68. The first kappa shape index (κ1) is 24.7. The van der Waals surface area contributed by atoms with Crippen LogP contribution in [-0.2, 0) is 12.8 Å². The van der Waals surface area contributed by atoms with Crippen LogP contribution in [0.1, 0.15) is 72.2 Å². The van der Waals surface area contributed by atoms with E-state index in [1.807, 2.05) is 34.8 Å². The third-order valence-electron chi connectivity index (χ3n) is 6.07. The van der Waals surface area contributed by atoms with Gasteiger partial charge >= 0.3 is 0 Å². The van der Waals surface area contributed by atoms with E-state index in [4.69, 9.17) is 0 Å². The van der Waals surface area contributed by atoms with Crippen molar-refractivity contribution < 1.29 is 0 Å². The second kappa shape index (κ2) is 13.0. The van der Waals surface area contributed by atoms with E-state index in [2.05, 4.69) is 63.4 Å². The third kappa shape index (κ3) is 6.56. The fourth-order valence-electron chi connectivity index (χ4n) is 4.58. The van der Waals surface area contributed by atoms with E-state index in [9.17, 15) is 0 Å². The molecule has 0 saturated heterocycles. The molecule has 2 aromatic heterocycles. The molecule has 170 valence electrons. The molecule has 0 aliphatic carbocycles. The molecule has 0 fully saturated rings. The van der Waals surface area contributed by atoms with Crippen molar-refractivity contribution in [2.24, 2.45) is 0 Å². The number of rotatable bonds is 14. The summed E-state index contributed by atoms with van der Waals surface area (Å²) in [5, 5.41) is 3.08. The van der Waals surface area contributed by atoms with Crippen LogP contribution in [0.4, 0.5) is 0 Å². The molecule has 32 heavy (non-hydrogen) atoms. The average Bonchev–Trinajstić information content (AvgIpc) is 3.35. The molecular weight excluding hydrogens is 424 g/mol. The van der Waals surface area contributed by atoms with E-state index in [1.54, 1.807) is 11.1 Å². The number of allylic oxidation sites excluding steroid dienone is 6. The Hall–Kier alpha value is -1.90. The van der Waals surface area contributed by atoms with Crippen molar-refractivity contribution in [3.05, 3.63) is 82.6 Å². The molecule has 2 heterocycles. The predicted molar refractivity (Wildman–Crippen MR) is 150 cm³/mol. The summed E-state index contributed by atoms with van der Waals surface area (Å²) >= 11 is 3.97. The van der Waals surface area contributed by atoms with Gasteiger partial charge < -0.3 is 0 Å². The van der Waals surface area contributed by atoms with Gasteiger partial charge in [0.05, 0.1) is 9.40 Å². The Kier molecular flexibility index (Phi) is 10.0. The summed E-state index contributed by atoms with van der Waals surface area (Å²) in [6.45, 7) is 12.1. The molecular formula is C30H38S2. The first-order valence-electron chi connectivity index (χ1n) is 12.1. The highest BCUT2D eigenvalue weighted by atomic mass is 32.1. The van der Waals surface area contributed by atoms with Crippen molar-refractivity contribution in [1.82, 2.24) is 0 Å². The van der Waals surface area contributed by atoms with Gasteiger partial charge in [-0.25, -0.2) is 0 Å². The van der Waals surface area contributed by atoms with Gasteiger partial charge in [-0.1, -0.05) is 62.5 Å². The summed E-state index contributed by atoms with van der Waals surface area (Å²) in [7, 11) is 0. The number of fused-ring (bicyclic) bond motifs is 3. The Labute approximate surface area is 203 Å². The molecule has 0 bridgehead atoms. The van der Waals surface area contributed by atoms with Gasteiger partial charge in [0.15, 0.2) is 0 Å². The smallest absolute Gasteiger partial charge is 0.0526 e. The van der Waals surface area contributed by atoms with E-state index in [-0.39, 0.29) is 0 Å². The number of unbranched alkanes of at least 4 members (excludes halogenated alkanes) is 6. The molecule has 0 aliphatic rings. The summed E-state index contributed by atoms with van der Waals surface area (Å²) in [4.78, 5) is 2.88. The highest BCUT2D eigenvalue weighted by Crippen LogP contribution is 2.43. The van der Waals surface area contributed by atoms with Crippen molar-refractivity contribution in [3.8, 4) is 0 Å². The second-order valence-corrected chi connectivity index (χ2v) is 11.2. The molecule has 1 aromatic carbocycles. The number of hydrogen-bond acceptors (Lipinski definition) is 2. The van der Waals surface area contributed by atoms with E-state index >= 15 is 0 Å². The zero-order chi connectivity index (χ0) is 22.8. The number of benzene rings is 1. The quantitative estimate of drug-likeness (QED) is 0.165. The fourth-order valence-corrected chi connectivity index (χ4v) is 6.81. The van der Waals surface area contributed by atoms with Crippen molar-refractivity contribution in [1.29, 1.82) is 0 Å². The van der Waals surface area contributed by atoms with E-state index in [1.165, 1.54) is 81.3 Å². The maximum Gasteiger partial charge on any atom is 0.0526 e. The molecule has 0 radical (unpaired) electrons. The van der Waals surface area contributed by atoms with Crippen molar-refractivity contribution in [3.63, 3.8) is 0 Å². The molecule has 0 spiro atoms. The molecule has 0 unspecified atom stereocenters. The molecule has 3 rings (SSSR count). The third-order valence-corrected chi connectivity index (χ3v) is 8.34. The van der Waals surface area contributed by atoms with Gasteiger partial charge in [0.25, 0.3) is 0 Å². The summed E-state index contributed by atoms with van der Waals surface area (Å²) in [6.07, 6.45) is 24.8. The lowest BCUT2D eigenvalue weighted by molar-refractivity contribution is 0.671. The minimum Gasteiger partial charge on any atom is -0.139 e. The molecule has 0 N–H and O–H groups in total. The standard InChI is InChI=1S/C30H38S2/c1-5-7-9-11-13-15-17-19-25-26(20-18-16-14-12-10-8-6-2)28-22-24(4)32-30(28)29-27(25)21-23(3)31-29/h5-10,21-22H,1-2,11-20H2,3-4H3/b9-7-,10-8-. The topological polar surface area (TPSA) is 0 Å². The van der Waals surface area contributed by atoms with Crippen LogP contribution in [0.3, 0.4) is 0 Å². The van der Waals surface area contributed by atoms with Gasteiger partial charge in [-0.3, -0.25) is 0 Å². The van der Waals surface area contributed by atoms with Gasteiger partial charge in [0.2, 0.25) is 0 Å². The fraction of sp³-hybridized carbons (Fsp3) is 0.400. The predicted octanol–water partition coefficient (Wildman–Crippen LogP) is 10.4. The van der Waals surface area contributed by atoms with Gasteiger partial charge in [0.1, 0.15) is 0 Å². The maximum atomic E-state index is 3.76. The summed E-state index contributed by atoms with van der Waals surface area (Å²) in [5.41, 5.74) is 3.28. The first-order chi connectivity index (χ1) is 15.7. The summed E-state index contributed by atoms with van der Waals surface area (Å²) in [5.74, 6) is 0. The van der Waals surface area contributed by atoms with Crippen LogP contribution in [-0.4, -0.2) is 0 Å².